The van der Waals surface area contributed by atoms with Crippen LogP contribution in [0, 0.1) is 5.82 Å². The minimum Gasteiger partial charge on any atom is -0.342 e. The number of amides is 2. The lowest BCUT2D eigenvalue weighted by Gasteiger charge is -2.26. The summed E-state index contributed by atoms with van der Waals surface area (Å²) in [6.45, 7) is 5.09. The summed E-state index contributed by atoms with van der Waals surface area (Å²) < 4.78 is 40.4. The smallest absolute Gasteiger partial charge is 0.263 e. The van der Waals surface area contributed by atoms with Gasteiger partial charge in [0, 0.05) is 19.6 Å². The fourth-order valence-corrected chi connectivity index (χ4v) is 5.42. The van der Waals surface area contributed by atoms with Crippen molar-refractivity contribution in [2.45, 2.75) is 25.8 Å². The van der Waals surface area contributed by atoms with Crippen molar-refractivity contribution in [3.8, 4) is 0 Å². The Balaban J connectivity index is 1.79. The lowest BCUT2D eigenvalue weighted by Crippen LogP contribution is -2.40. The predicted molar refractivity (Wildman–Crippen MR) is 110 cm³/mol. The summed E-state index contributed by atoms with van der Waals surface area (Å²) >= 11 is 1.09. The molecule has 0 saturated carbocycles. The molecule has 10 heteroatoms. The van der Waals surface area contributed by atoms with Gasteiger partial charge in [-0.2, -0.15) is 4.99 Å². The zero-order valence-electron chi connectivity index (χ0n) is 15.8. The predicted octanol–water partition coefficient (Wildman–Crippen LogP) is 1.88. The van der Waals surface area contributed by atoms with Gasteiger partial charge in [-0.1, -0.05) is 17.4 Å². The number of carbonyl (C=O) groups is 2. The molecule has 0 bridgehead atoms. The van der Waals surface area contributed by atoms with E-state index in [1.54, 1.807) is 16.7 Å². The van der Waals surface area contributed by atoms with Gasteiger partial charge in [0.1, 0.15) is 17.3 Å². The van der Waals surface area contributed by atoms with Crippen LogP contribution in [0.25, 0.3) is 10.2 Å². The van der Waals surface area contributed by atoms with E-state index in [1.165, 1.54) is 17.0 Å². The van der Waals surface area contributed by atoms with Crippen molar-refractivity contribution in [1.82, 2.24) is 9.47 Å². The third kappa shape index (κ3) is 5.39. The van der Waals surface area contributed by atoms with E-state index in [9.17, 15) is 22.4 Å². The Kier molecular flexibility index (Phi) is 6.63. The monoisotopic (exact) mass is 439 g/mol. The quantitative estimate of drug-likeness (QED) is 0.643. The van der Waals surface area contributed by atoms with Gasteiger partial charge in [-0.25, -0.2) is 12.8 Å². The Morgan fingerprint density at radius 3 is 2.62 bits per heavy atom. The van der Waals surface area contributed by atoms with Crippen LogP contribution in [0.5, 0.6) is 0 Å². The normalized spacial score (nSPS) is 15.6. The van der Waals surface area contributed by atoms with Crippen molar-refractivity contribution in [3.05, 3.63) is 41.5 Å². The summed E-state index contributed by atoms with van der Waals surface area (Å²) in [5.74, 6) is -3.29. The van der Waals surface area contributed by atoms with Crippen LogP contribution in [0.1, 0.15) is 19.3 Å². The van der Waals surface area contributed by atoms with Gasteiger partial charge in [-0.15, -0.1) is 6.58 Å². The van der Waals surface area contributed by atoms with Crippen molar-refractivity contribution in [3.63, 3.8) is 0 Å². The summed E-state index contributed by atoms with van der Waals surface area (Å²) in [6, 6.07) is 4.20. The first kappa shape index (κ1) is 21.4. The number of benzene rings is 1. The summed E-state index contributed by atoms with van der Waals surface area (Å²) in [5, 5.41) is 0. The van der Waals surface area contributed by atoms with Crippen LogP contribution in [0.3, 0.4) is 0 Å². The van der Waals surface area contributed by atoms with Gasteiger partial charge in [0.05, 0.1) is 10.2 Å². The maximum absolute atomic E-state index is 13.5. The number of hydrogen-bond acceptors (Lipinski definition) is 5. The molecule has 0 aliphatic carbocycles. The number of rotatable bonds is 6. The second-order valence-corrected chi connectivity index (χ2v) is 9.95. The fourth-order valence-electron chi connectivity index (χ4n) is 3.24. The van der Waals surface area contributed by atoms with Gasteiger partial charge in [-0.05, 0) is 37.5 Å². The topological polar surface area (TPSA) is 88.8 Å². The molecule has 2 aromatic rings. The lowest BCUT2D eigenvalue weighted by molar-refractivity contribution is -0.129. The van der Waals surface area contributed by atoms with E-state index in [4.69, 9.17) is 0 Å². The molecule has 1 saturated heterocycles. The molecule has 0 atom stereocenters. The lowest BCUT2D eigenvalue weighted by atomic mass is 10.1. The van der Waals surface area contributed by atoms with Crippen molar-refractivity contribution in [2.75, 3.05) is 24.6 Å². The average Bonchev–Trinajstić information content (AvgIpc) is 2.98. The van der Waals surface area contributed by atoms with Crippen molar-refractivity contribution >= 4 is 43.2 Å². The maximum Gasteiger partial charge on any atom is 0.263 e. The van der Waals surface area contributed by atoms with Gasteiger partial charge >= 0.3 is 0 Å². The first-order valence-corrected chi connectivity index (χ1v) is 11.9. The molecule has 0 N–H and O–H groups in total. The zero-order valence-corrected chi connectivity index (χ0v) is 17.5. The summed E-state index contributed by atoms with van der Waals surface area (Å²) in [6.07, 6.45) is 4.34. The van der Waals surface area contributed by atoms with Crippen LogP contribution in [-0.4, -0.2) is 54.3 Å². The summed E-state index contributed by atoms with van der Waals surface area (Å²) in [7, 11) is -3.93. The number of fused-ring (bicyclic) bond motifs is 1. The molecular weight excluding hydrogens is 417 g/mol. The molecule has 1 aliphatic heterocycles. The number of halogens is 1. The molecule has 29 heavy (non-hydrogen) atoms. The molecule has 2 heterocycles. The molecule has 1 aliphatic rings. The third-order valence-electron chi connectivity index (χ3n) is 4.57. The van der Waals surface area contributed by atoms with E-state index in [1.807, 2.05) is 0 Å². The second kappa shape index (κ2) is 9.00. The Bertz CT molecular complexity index is 1110. The molecule has 1 fully saturated rings. The number of nitrogens with zero attached hydrogens (tertiary/aromatic N) is 3. The SMILES string of the molecule is C=CCn1c(=NC(=O)CS(=O)(=O)CC(=O)N2CCCCC2)sc2cc(F)ccc21. The number of sulfone groups is 1. The number of aromatic nitrogens is 1. The van der Waals surface area contributed by atoms with E-state index < -0.39 is 39.0 Å². The zero-order chi connectivity index (χ0) is 21.0. The standard InChI is InChI=1S/C19H22FN3O4S2/c1-2-8-23-15-7-6-14(20)11-16(15)28-19(23)21-17(24)12-29(26,27)13-18(25)22-9-4-3-5-10-22/h2,6-7,11H,1,3-5,8-10,12-13H2. The van der Waals surface area contributed by atoms with E-state index >= 15 is 0 Å². The number of carbonyl (C=O) groups excluding carboxylic acids is 2. The molecule has 7 nitrogen and oxygen atoms in total. The molecule has 1 aromatic heterocycles. The van der Waals surface area contributed by atoms with E-state index in [-0.39, 0.29) is 4.80 Å². The molecular formula is C19H22FN3O4S2. The Morgan fingerprint density at radius 1 is 1.21 bits per heavy atom. The van der Waals surface area contributed by atoms with Gasteiger partial charge in [0.2, 0.25) is 5.91 Å². The number of piperidine rings is 1. The summed E-state index contributed by atoms with van der Waals surface area (Å²) in [5.41, 5.74) is 0.672. The van der Waals surface area contributed by atoms with Crippen LogP contribution >= 0.6 is 11.3 Å². The van der Waals surface area contributed by atoms with Crippen molar-refractivity contribution < 1.29 is 22.4 Å². The van der Waals surface area contributed by atoms with Crippen molar-refractivity contribution in [1.29, 1.82) is 0 Å². The highest BCUT2D eigenvalue weighted by Gasteiger charge is 2.25. The fraction of sp³-hybridized carbons (Fsp3) is 0.421. The molecule has 2 amide bonds. The van der Waals surface area contributed by atoms with E-state index in [0.29, 0.717) is 29.9 Å². The second-order valence-electron chi connectivity index (χ2n) is 6.88. The van der Waals surface area contributed by atoms with Crippen LogP contribution < -0.4 is 4.80 Å². The minimum absolute atomic E-state index is 0.257. The Labute approximate surface area is 172 Å². The highest BCUT2D eigenvalue weighted by molar-refractivity contribution is 7.92. The number of likely N-dealkylation sites (tertiary alicyclic amines) is 1. The highest BCUT2D eigenvalue weighted by Crippen LogP contribution is 2.18. The van der Waals surface area contributed by atoms with E-state index in [2.05, 4.69) is 11.6 Å². The number of thiazole rings is 1. The van der Waals surface area contributed by atoms with Gasteiger partial charge in [-0.3, -0.25) is 9.59 Å². The van der Waals surface area contributed by atoms with Crippen molar-refractivity contribution in [2.24, 2.45) is 4.99 Å². The van der Waals surface area contributed by atoms with Gasteiger partial charge in [0.25, 0.3) is 5.91 Å². The highest BCUT2D eigenvalue weighted by atomic mass is 32.2. The van der Waals surface area contributed by atoms with Gasteiger partial charge in [0.15, 0.2) is 14.6 Å². The Hall–Kier alpha value is -2.33. The maximum atomic E-state index is 13.5. The first-order chi connectivity index (χ1) is 13.8. The van der Waals surface area contributed by atoms with Gasteiger partial charge < -0.3 is 9.47 Å². The third-order valence-corrected chi connectivity index (χ3v) is 6.99. The molecule has 3 rings (SSSR count). The first-order valence-electron chi connectivity index (χ1n) is 9.24. The molecule has 0 spiro atoms. The Morgan fingerprint density at radius 2 is 1.93 bits per heavy atom. The number of hydrogen-bond donors (Lipinski definition) is 0. The van der Waals surface area contributed by atoms with Crippen LogP contribution in [-0.2, 0) is 26.0 Å². The molecule has 156 valence electrons. The average molecular weight is 440 g/mol. The van der Waals surface area contributed by atoms with Crippen LogP contribution in [0.2, 0.25) is 0 Å². The molecule has 1 aromatic carbocycles. The largest absolute Gasteiger partial charge is 0.342 e. The molecule has 0 unspecified atom stereocenters. The van der Waals surface area contributed by atoms with Crippen LogP contribution in [0.15, 0.2) is 35.8 Å². The number of allylic oxidation sites excluding steroid dienone is 1. The van der Waals surface area contributed by atoms with Crippen LogP contribution in [0.4, 0.5) is 4.39 Å². The molecule has 0 radical (unpaired) electrons. The van der Waals surface area contributed by atoms with E-state index in [0.717, 1.165) is 30.6 Å². The minimum atomic E-state index is -3.93. The summed E-state index contributed by atoms with van der Waals surface area (Å²) in [4.78, 5) is 30.2.